The van der Waals surface area contributed by atoms with Crippen molar-refractivity contribution in [3.8, 4) is 0 Å². The molecule has 1 aromatic carbocycles. The Morgan fingerprint density at radius 1 is 1.19 bits per heavy atom. The number of ether oxygens (including phenoxy) is 1. The monoisotopic (exact) mass is 469 g/mol. The van der Waals surface area contributed by atoms with E-state index in [0.29, 0.717) is 23.9 Å². The number of benzene rings is 1. The number of furan rings is 1. The van der Waals surface area contributed by atoms with Crippen LogP contribution in [-0.4, -0.2) is 57.5 Å². The molecule has 2 amide bonds. The number of carbonyl (C=O) groups is 2. The van der Waals surface area contributed by atoms with Crippen LogP contribution in [0.1, 0.15) is 18.6 Å². The van der Waals surface area contributed by atoms with Gasteiger partial charge < -0.3 is 19.4 Å². The normalized spacial score (nSPS) is 16.2. The summed E-state index contributed by atoms with van der Waals surface area (Å²) >= 11 is 5.78. The first-order chi connectivity index (χ1) is 14.8. The van der Waals surface area contributed by atoms with Crippen LogP contribution in [-0.2, 0) is 30.9 Å². The number of halogens is 1. The first-order valence-electron chi connectivity index (χ1n) is 9.77. The van der Waals surface area contributed by atoms with Crippen LogP contribution < -0.4 is 10.0 Å². The highest BCUT2D eigenvalue weighted by atomic mass is 35.5. The Morgan fingerprint density at radius 3 is 2.61 bits per heavy atom. The van der Waals surface area contributed by atoms with Crippen molar-refractivity contribution in [3.63, 3.8) is 0 Å². The lowest BCUT2D eigenvalue weighted by Crippen LogP contribution is -2.45. The minimum atomic E-state index is -3.91. The van der Waals surface area contributed by atoms with E-state index in [4.69, 9.17) is 20.8 Å². The Bertz CT molecular complexity index is 973. The Kier molecular flexibility index (Phi) is 8.08. The lowest BCUT2D eigenvalue weighted by atomic mass is 10.2. The highest BCUT2D eigenvalue weighted by molar-refractivity contribution is 7.89. The SMILES string of the molecule is O=C(CN(Cc1ccco1)C(=O)CNS(=O)(=O)c1ccc(Cl)cc1)NC[C@H]1CCCO1. The summed E-state index contributed by atoms with van der Waals surface area (Å²) in [6, 6.07) is 8.91. The summed E-state index contributed by atoms with van der Waals surface area (Å²) in [7, 11) is -3.91. The third-order valence-corrected chi connectivity index (χ3v) is 6.37. The fourth-order valence-electron chi connectivity index (χ4n) is 3.05. The first-order valence-corrected chi connectivity index (χ1v) is 11.6. The van der Waals surface area contributed by atoms with Gasteiger partial charge in [-0.2, -0.15) is 0 Å². The van der Waals surface area contributed by atoms with E-state index in [1.807, 2.05) is 0 Å². The number of nitrogens with zero attached hydrogens (tertiary/aromatic N) is 1. The van der Waals surface area contributed by atoms with Crippen molar-refractivity contribution < 1.29 is 27.2 Å². The number of hydrogen-bond acceptors (Lipinski definition) is 6. The molecule has 31 heavy (non-hydrogen) atoms. The Hall–Kier alpha value is -2.40. The second kappa shape index (κ2) is 10.8. The molecule has 1 aliphatic heterocycles. The molecule has 0 aliphatic carbocycles. The van der Waals surface area contributed by atoms with Gasteiger partial charge in [0.2, 0.25) is 21.8 Å². The third kappa shape index (κ3) is 7.06. The summed E-state index contributed by atoms with van der Waals surface area (Å²) in [6.45, 7) is 0.323. The molecule has 11 heteroatoms. The van der Waals surface area contributed by atoms with E-state index in [0.717, 1.165) is 12.8 Å². The van der Waals surface area contributed by atoms with E-state index >= 15 is 0 Å². The number of amides is 2. The molecule has 2 heterocycles. The molecule has 3 rings (SSSR count). The number of rotatable bonds is 10. The summed E-state index contributed by atoms with van der Waals surface area (Å²) in [5.74, 6) is -0.460. The predicted octanol–water partition coefficient (Wildman–Crippen LogP) is 1.54. The van der Waals surface area contributed by atoms with Crippen LogP contribution in [0.15, 0.2) is 52.0 Å². The van der Waals surface area contributed by atoms with Gasteiger partial charge in [0, 0.05) is 18.2 Å². The maximum Gasteiger partial charge on any atom is 0.241 e. The molecule has 1 saturated heterocycles. The van der Waals surface area contributed by atoms with Crippen LogP contribution in [0.25, 0.3) is 0 Å². The van der Waals surface area contributed by atoms with Gasteiger partial charge in [-0.05, 0) is 49.2 Å². The molecule has 9 nitrogen and oxygen atoms in total. The molecule has 0 bridgehead atoms. The van der Waals surface area contributed by atoms with Crippen molar-refractivity contribution in [2.24, 2.45) is 0 Å². The van der Waals surface area contributed by atoms with E-state index < -0.39 is 22.5 Å². The van der Waals surface area contributed by atoms with E-state index in [1.165, 1.54) is 35.4 Å². The highest BCUT2D eigenvalue weighted by Gasteiger charge is 2.23. The van der Waals surface area contributed by atoms with Crippen LogP contribution >= 0.6 is 11.6 Å². The summed E-state index contributed by atoms with van der Waals surface area (Å²) < 4.78 is 37.8. The van der Waals surface area contributed by atoms with Crippen LogP contribution in [0, 0.1) is 0 Å². The molecular weight excluding hydrogens is 446 g/mol. The molecule has 2 aromatic rings. The zero-order valence-corrected chi connectivity index (χ0v) is 18.3. The molecule has 0 radical (unpaired) electrons. The minimum Gasteiger partial charge on any atom is -0.467 e. The summed E-state index contributed by atoms with van der Waals surface area (Å²) in [6.07, 6.45) is 3.27. The molecule has 1 aliphatic rings. The predicted molar refractivity (Wildman–Crippen MR) is 113 cm³/mol. The first kappa shape index (κ1) is 23.3. The number of nitrogens with one attached hydrogen (secondary N) is 2. The number of sulfonamides is 1. The molecule has 1 fully saturated rings. The van der Waals surface area contributed by atoms with Crippen LogP contribution in [0.2, 0.25) is 5.02 Å². The van der Waals surface area contributed by atoms with Gasteiger partial charge >= 0.3 is 0 Å². The van der Waals surface area contributed by atoms with Crippen LogP contribution in [0.5, 0.6) is 0 Å². The topological polar surface area (TPSA) is 118 Å². The van der Waals surface area contributed by atoms with Crippen molar-refractivity contribution in [3.05, 3.63) is 53.4 Å². The number of carbonyl (C=O) groups excluding carboxylic acids is 2. The molecule has 1 aromatic heterocycles. The molecule has 0 unspecified atom stereocenters. The fourth-order valence-corrected chi connectivity index (χ4v) is 4.15. The van der Waals surface area contributed by atoms with Crippen molar-refractivity contribution in [1.29, 1.82) is 0 Å². The second-order valence-electron chi connectivity index (χ2n) is 7.05. The van der Waals surface area contributed by atoms with Gasteiger partial charge in [-0.1, -0.05) is 11.6 Å². The largest absolute Gasteiger partial charge is 0.467 e. The van der Waals surface area contributed by atoms with E-state index in [-0.39, 0.29) is 30.0 Å². The highest BCUT2D eigenvalue weighted by Crippen LogP contribution is 2.14. The Morgan fingerprint density at radius 2 is 1.97 bits per heavy atom. The van der Waals surface area contributed by atoms with Gasteiger partial charge in [0.15, 0.2) is 0 Å². The standard InChI is InChI=1S/C20H24ClN3O6S/c21-15-5-7-18(8-6-15)31(27,28)23-12-20(26)24(13-17-4-2-10-30-17)14-19(25)22-11-16-3-1-9-29-16/h2,4-8,10,16,23H,1,3,9,11-14H2,(H,22,25)/t16-/m1/s1. The number of hydrogen-bond donors (Lipinski definition) is 2. The van der Waals surface area contributed by atoms with Crippen LogP contribution in [0.4, 0.5) is 0 Å². The smallest absolute Gasteiger partial charge is 0.241 e. The summed E-state index contributed by atoms with van der Waals surface area (Å²) in [5, 5.41) is 3.15. The Labute approximate surface area is 185 Å². The summed E-state index contributed by atoms with van der Waals surface area (Å²) in [5.41, 5.74) is 0. The second-order valence-corrected chi connectivity index (χ2v) is 9.25. The van der Waals surface area contributed by atoms with Crippen LogP contribution in [0.3, 0.4) is 0 Å². The summed E-state index contributed by atoms with van der Waals surface area (Å²) in [4.78, 5) is 26.3. The van der Waals surface area contributed by atoms with Gasteiger partial charge in [0.05, 0.1) is 30.4 Å². The molecule has 168 valence electrons. The lowest BCUT2D eigenvalue weighted by molar-refractivity contribution is -0.136. The quantitative estimate of drug-likeness (QED) is 0.545. The minimum absolute atomic E-state index is 0.0170. The molecule has 0 spiro atoms. The van der Waals surface area contributed by atoms with Gasteiger partial charge in [0.25, 0.3) is 0 Å². The van der Waals surface area contributed by atoms with Gasteiger partial charge in [0.1, 0.15) is 12.3 Å². The van der Waals surface area contributed by atoms with Gasteiger partial charge in [-0.3, -0.25) is 9.59 Å². The Balaban J connectivity index is 1.59. The van der Waals surface area contributed by atoms with Crippen molar-refractivity contribution in [1.82, 2.24) is 14.9 Å². The van der Waals surface area contributed by atoms with Crippen molar-refractivity contribution in [2.45, 2.75) is 30.4 Å². The lowest BCUT2D eigenvalue weighted by Gasteiger charge is -2.22. The zero-order chi connectivity index (χ0) is 22.3. The van der Waals surface area contributed by atoms with Gasteiger partial charge in [-0.25, -0.2) is 13.1 Å². The van der Waals surface area contributed by atoms with Crippen molar-refractivity contribution in [2.75, 3.05) is 26.2 Å². The fraction of sp³-hybridized carbons (Fsp3) is 0.400. The average Bonchev–Trinajstić information content (AvgIpc) is 3.44. The van der Waals surface area contributed by atoms with E-state index in [1.54, 1.807) is 12.1 Å². The molecule has 2 N–H and O–H groups in total. The van der Waals surface area contributed by atoms with E-state index in [9.17, 15) is 18.0 Å². The average molecular weight is 470 g/mol. The zero-order valence-electron chi connectivity index (χ0n) is 16.8. The molecular formula is C20H24ClN3O6S. The van der Waals surface area contributed by atoms with Crippen molar-refractivity contribution >= 4 is 33.4 Å². The third-order valence-electron chi connectivity index (χ3n) is 4.70. The van der Waals surface area contributed by atoms with Gasteiger partial charge in [-0.15, -0.1) is 0 Å². The van der Waals surface area contributed by atoms with E-state index in [2.05, 4.69) is 10.0 Å². The maximum atomic E-state index is 12.7. The molecule has 0 saturated carbocycles. The maximum absolute atomic E-state index is 12.7. The molecule has 1 atom stereocenters.